The molecule has 6 aliphatic rings. The van der Waals surface area contributed by atoms with Gasteiger partial charge in [-0.2, -0.15) is 13.2 Å². The van der Waals surface area contributed by atoms with Crippen molar-refractivity contribution in [2.24, 2.45) is 26.8 Å². The molecule has 0 aromatic rings. The van der Waals surface area contributed by atoms with E-state index in [-0.39, 0.29) is 53.4 Å². The number of aliphatic hydroxyl groups excluding tert-OH is 1. The van der Waals surface area contributed by atoms with Crippen LogP contribution in [0.1, 0.15) is 60.3 Å². The first kappa shape index (κ1) is 32.6. The maximum Gasteiger partial charge on any atom is 0.448 e. The van der Waals surface area contributed by atoms with Gasteiger partial charge in [-0.05, 0) is 74.1 Å². The SMILES string of the molecule is CCC1=C(C)C2=NC1=CC1=C(C)C3=C(O)CC(=C4NC(=CC5=NC(=C2)C(C(O)(OC)C(F)(F)F)=C5C)[C@@H](C)[C@@H]4CCC(=O)OC)C3=N1. The molecule has 5 aliphatic heterocycles. The van der Waals surface area contributed by atoms with Gasteiger partial charge in [0.05, 0.1) is 46.9 Å². The number of nitrogens with one attached hydrogen (secondary N) is 1. The average Bonchev–Trinajstić information content (AvgIpc) is 3.77. The van der Waals surface area contributed by atoms with Gasteiger partial charge in [0.15, 0.2) is 0 Å². The van der Waals surface area contributed by atoms with Gasteiger partial charge in [-0.15, -0.1) is 0 Å². The molecular weight excluding hydrogens is 613 g/mol. The van der Waals surface area contributed by atoms with Gasteiger partial charge in [0.2, 0.25) is 0 Å². The summed E-state index contributed by atoms with van der Waals surface area (Å²) in [6.45, 7) is 9.14. The molecule has 1 fully saturated rings. The third-order valence-corrected chi connectivity index (χ3v) is 9.96. The Balaban J connectivity index is 1.63. The van der Waals surface area contributed by atoms with E-state index >= 15 is 0 Å². The first-order valence-electron chi connectivity index (χ1n) is 15.5. The fraction of sp³-hybridized carbons (Fsp3) is 0.429. The highest BCUT2D eigenvalue weighted by atomic mass is 19.4. The smallest absolute Gasteiger partial charge is 0.448 e. The molecule has 0 radical (unpaired) electrons. The number of aliphatic hydroxyl groups is 2. The third-order valence-electron chi connectivity index (χ3n) is 9.96. The molecule has 0 saturated carbocycles. The summed E-state index contributed by atoms with van der Waals surface area (Å²) in [7, 11) is 2.14. The lowest BCUT2D eigenvalue weighted by atomic mass is 9.86. The van der Waals surface area contributed by atoms with E-state index in [4.69, 9.17) is 19.5 Å². The molecule has 0 amide bonds. The summed E-state index contributed by atoms with van der Waals surface area (Å²) in [4.78, 5) is 26.7. The number of carbonyl (C=O) groups is 1. The zero-order valence-electron chi connectivity index (χ0n) is 27.3. The molecule has 9 nitrogen and oxygen atoms in total. The van der Waals surface area contributed by atoms with Crippen LogP contribution in [0, 0.1) is 11.8 Å². The number of hydrogen-bond donors (Lipinski definition) is 3. The molecule has 0 aromatic carbocycles. The molecule has 47 heavy (non-hydrogen) atoms. The van der Waals surface area contributed by atoms with Gasteiger partial charge < -0.3 is 25.0 Å². The molecular formula is C35H37F3N4O5. The molecule has 0 aromatic heterocycles. The van der Waals surface area contributed by atoms with Crippen LogP contribution in [0.5, 0.6) is 0 Å². The predicted molar refractivity (Wildman–Crippen MR) is 171 cm³/mol. The summed E-state index contributed by atoms with van der Waals surface area (Å²) in [6, 6.07) is 0. The van der Waals surface area contributed by atoms with Crippen LogP contribution in [0.25, 0.3) is 0 Å². The minimum Gasteiger partial charge on any atom is -0.511 e. The number of hydrogen-bond acceptors (Lipinski definition) is 9. The van der Waals surface area contributed by atoms with Crippen molar-refractivity contribution in [1.82, 2.24) is 5.32 Å². The quantitative estimate of drug-likeness (QED) is 0.223. The molecule has 1 aliphatic carbocycles. The Hall–Kier alpha value is -4.29. The highest BCUT2D eigenvalue weighted by Gasteiger charge is 2.60. The van der Waals surface area contributed by atoms with E-state index < -0.39 is 17.5 Å². The number of ether oxygens (including phenoxy) is 2. The minimum absolute atomic E-state index is 0.0920. The number of esters is 1. The van der Waals surface area contributed by atoms with E-state index in [0.29, 0.717) is 46.9 Å². The molecule has 6 rings (SSSR count). The number of aliphatic imine (C=N–C) groups is 3. The maximum absolute atomic E-state index is 14.5. The van der Waals surface area contributed by atoms with Crippen LogP contribution >= 0.6 is 0 Å². The molecule has 1 unspecified atom stereocenters. The van der Waals surface area contributed by atoms with Crippen molar-refractivity contribution >= 4 is 23.1 Å². The highest BCUT2D eigenvalue weighted by molar-refractivity contribution is 6.21. The Labute approximate surface area is 270 Å². The normalized spacial score (nSPS) is 25.2. The van der Waals surface area contributed by atoms with Crippen LogP contribution in [0.4, 0.5) is 13.2 Å². The van der Waals surface area contributed by atoms with Crippen molar-refractivity contribution in [3.8, 4) is 0 Å². The third kappa shape index (κ3) is 5.00. The first-order valence-corrected chi connectivity index (χ1v) is 15.5. The molecule has 3 atom stereocenters. The van der Waals surface area contributed by atoms with Crippen molar-refractivity contribution in [2.45, 2.75) is 72.3 Å². The van der Waals surface area contributed by atoms with Crippen LogP contribution in [0.3, 0.4) is 0 Å². The van der Waals surface area contributed by atoms with E-state index in [1.54, 1.807) is 6.08 Å². The fourth-order valence-electron chi connectivity index (χ4n) is 7.27. The largest absolute Gasteiger partial charge is 0.511 e. The number of alkyl halides is 3. The van der Waals surface area contributed by atoms with E-state index in [1.807, 2.05) is 33.8 Å². The Morgan fingerprint density at radius 1 is 1.02 bits per heavy atom. The summed E-state index contributed by atoms with van der Waals surface area (Å²) >= 11 is 0. The molecule has 1 saturated heterocycles. The second-order valence-corrected chi connectivity index (χ2v) is 12.5. The fourth-order valence-corrected chi connectivity index (χ4v) is 7.27. The topological polar surface area (TPSA) is 125 Å². The maximum atomic E-state index is 14.5. The van der Waals surface area contributed by atoms with E-state index in [2.05, 4.69) is 10.3 Å². The lowest BCUT2D eigenvalue weighted by Crippen LogP contribution is -2.49. The van der Waals surface area contributed by atoms with Crippen molar-refractivity contribution in [3.63, 3.8) is 0 Å². The van der Waals surface area contributed by atoms with E-state index in [1.165, 1.54) is 20.1 Å². The number of methoxy groups -OCH3 is 2. The standard InChI is InChI=1S/C35H37F3N4O5/c1-8-19-15(2)22-14-27-31(34(45,47-7)35(36,37)38)18(5)25(40-27)12-23-16(3)20(9-10-29(44)46-6)32(41-23)21-11-28(43)30-17(4)24(42-33(21)30)13-26(19)39-22/h12-14,16,20,41,43,45H,8-11H2,1-7H3/t16-,20-,34?/m0/s1. The zero-order chi connectivity index (χ0) is 34.2. The molecule has 3 N–H and O–H groups in total. The lowest BCUT2D eigenvalue weighted by Gasteiger charge is -2.31. The number of halogens is 3. The monoisotopic (exact) mass is 650 g/mol. The zero-order valence-corrected chi connectivity index (χ0v) is 27.3. The number of nitrogens with zero attached hydrogens (tertiary/aromatic N) is 3. The Morgan fingerprint density at radius 2 is 1.70 bits per heavy atom. The van der Waals surface area contributed by atoms with Gasteiger partial charge in [-0.25, -0.2) is 15.0 Å². The van der Waals surface area contributed by atoms with Crippen molar-refractivity contribution < 1.29 is 37.7 Å². The number of rotatable bonds is 6. The predicted octanol–water partition coefficient (Wildman–Crippen LogP) is 6.51. The molecule has 248 valence electrons. The lowest BCUT2D eigenvalue weighted by molar-refractivity contribution is -0.337. The summed E-state index contributed by atoms with van der Waals surface area (Å²) in [5.41, 5.74) is 7.26. The summed E-state index contributed by atoms with van der Waals surface area (Å²) in [5.74, 6) is -4.27. The van der Waals surface area contributed by atoms with Gasteiger partial charge in [-0.3, -0.25) is 4.79 Å². The molecule has 8 bridgehead atoms. The van der Waals surface area contributed by atoms with Crippen molar-refractivity contribution in [2.75, 3.05) is 14.2 Å². The van der Waals surface area contributed by atoms with Crippen LogP contribution in [-0.2, 0) is 14.3 Å². The summed E-state index contributed by atoms with van der Waals surface area (Å²) in [6.07, 6.45) is 1.17. The molecule has 5 heterocycles. The second kappa shape index (κ2) is 11.4. The molecule has 12 heteroatoms. The van der Waals surface area contributed by atoms with Crippen molar-refractivity contribution in [1.29, 1.82) is 0 Å². The Bertz CT molecular complexity index is 1860. The van der Waals surface area contributed by atoms with Crippen LogP contribution in [0.15, 0.2) is 106 Å². The van der Waals surface area contributed by atoms with Gasteiger partial charge in [0.25, 0.3) is 5.79 Å². The minimum atomic E-state index is -5.18. The van der Waals surface area contributed by atoms with Crippen molar-refractivity contribution in [3.05, 3.63) is 91.5 Å². The van der Waals surface area contributed by atoms with E-state index in [0.717, 1.165) is 35.1 Å². The summed E-state index contributed by atoms with van der Waals surface area (Å²) < 4.78 is 53.2. The first-order chi connectivity index (χ1) is 22.1. The number of carbonyl (C=O) groups excluding carboxylic acids is 1. The van der Waals surface area contributed by atoms with Gasteiger partial charge in [0.1, 0.15) is 5.76 Å². The van der Waals surface area contributed by atoms with Gasteiger partial charge >= 0.3 is 12.1 Å². The summed E-state index contributed by atoms with van der Waals surface area (Å²) in [5, 5.41) is 25.7. The van der Waals surface area contributed by atoms with Gasteiger partial charge in [0, 0.05) is 54.3 Å². The van der Waals surface area contributed by atoms with Crippen LogP contribution in [-0.4, -0.2) is 59.5 Å². The number of fused-ring (bicyclic) bond motifs is 5. The molecule has 0 spiro atoms. The van der Waals surface area contributed by atoms with Crippen LogP contribution < -0.4 is 5.32 Å². The Kier molecular flexibility index (Phi) is 7.95. The Morgan fingerprint density at radius 3 is 2.34 bits per heavy atom. The van der Waals surface area contributed by atoms with E-state index in [9.17, 15) is 28.2 Å². The average molecular weight is 651 g/mol. The number of allylic oxidation sites excluding steroid dienone is 11. The second-order valence-electron chi connectivity index (χ2n) is 12.5. The van der Waals surface area contributed by atoms with Gasteiger partial charge in [-0.1, -0.05) is 13.8 Å². The van der Waals surface area contributed by atoms with Crippen LogP contribution in [0.2, 0.25) is 0 Å². The highest BCUT2D eigenvalue weighted by Crippen LogP contribution is 2.48.